The number of amides is 2. The molecule has 0 aromatic rings. The van der Waals surface area contributed by atoms with E-state index >= 15 is 0 Å². The third-order valence-electron chi connectivity index (χ3n) is 2.46. The second-order valence-electron chi connectivity index (χ2n) is 3.51. The number of hydrogen-bond acceptors (Lipinski definition) is 2. The number of nitrogens with one attached hydrogen (secondary N) is 1. The van der Waals surface area contributed by atoms with Crippen molar-refractivity contribution in [2.45, 2.75) is 18.9 Å². The van der Waals surface area contributed by atoms with Gasteiger partial charge >= 0.3 is 15.2 Å². The summed E-state index contributed by atoms with van der Waals surface area (Å²) in [6.45, 7) is 3.77. The largest absolute Gasteiger partial charge is 0.397 e. The van der Waals surface area contributed by atoms with Crippen molar-refractivity contribution in [1.82, 2.24) is 10.2 Å². The van der Waals surface area contributed by atoms with E-state index in [9.17, 15) is 8.90 Å². The van der Waals surface area contributed by atoms with Crippen LogP contribution in [0.2, 0.25) is 5.54 Å². The topological polar surface area (TPSA) is 52.6 Å². The monoisotopic (exact) mass is 219 g/mol. The maximum Gasteiger partial charge on any atom is 0.317 e. The fourth-order valence-corrected chi connectivity index (χ4v) is 2.14. The molecule has 2 amide bonds. The Balaban J connectivity index is 2.22. The van der Waals surface area contributed by atoms with Crippen molar-refractivity contribution < 1.29 is 14.0 Å². The van der Waals surface area contributed by atoms with Crippen LogP contribution in [-0.4, -0.2) is 51.0 Å². The lowest BCUT2D eigenvalue weighted by atomic mass is 10.3. The van der Waals surface area contributed by atoms with E-state index in [1.54, 1.807) is 11.8 Å². The number of hydrogen-bond donors (Lipinski definition) is 2. The molecule has 0 aromatic carbocycles. The summed E-state index contributed by atoms with van der Waals surface area (Å²) >= 11 is 0. The summed E-state index contributed by atoms with van der Waals surface area (Å²) in [6, 6.07) is -0.0613. The van der Waals surface area contributed by atoms with Gasteiger partial charge in [-0.15, -0.1) is 0 Å². The molecule has 0 bridgehead atoms. The molecular weight excluding hydrogens is 203 g/mol. The quantitative estimate of drug-likeness (QED) is 0.515. The van der Waals surface area contributed by atoms with E-state index in [0.717, 1.165) is 0 Å². The number of aliphatic hydroxyl groups is 1. The molecule has 1 fully saturated rings. The summed E-state index contributed by atoms with van der Waals surface area (Å²) in [7, 11) is -2.12. The van der Waals surface area contributed by atoms with Gasteiger partial charge in [0.15, 0.2) is 0 Å². The van der Waals surface area contributed by atoms with Crippen LogP contribution in [0.4, 0.5) is 8.90 Å². The summed E-state index contributed by atoms with van der Waals surface area (Å²) in [5, 5.41) is 11.3. The number of aliphatic hydroxyl groups excluding tert-OH is 1. The molecule has 0 spiro atoms. The average molecular weight is 219 g/mol. The summed E-state index contributed by atoms with van der Waals surface area (Å²) < 4.78 is 13.0. The van der Waals surface area contributed by atoms with Gasteiger partial charge in [0.25, 0.3) is 0 Å². The van der Waals surface area contributed by atoms with Crippen LogP contribution in [0.15, 0.2) is 0 Å². The Labute approximate surface area is 84.9 Å². The third kappa shape index (κ3) is 2.95. The molecule has 1 aliphatic rings. The number of halogens is 1. The van der Waals surface area contributed by atoms with Gasteiger partial charge < -0.3 is 19.4 Å². The third-order valence-corrected chi connectivity index (χ3v) is 4.12. The van der Waals surface area contributed by atoms with Crippen LogP contribution < -0.4 is 5.32 Å². The summed E-state index contributed by atoms with van der Waals surface area (Å²) in [5.74, 6) is 0. The molecule has 14 heavy (non-hydrogen) atoms. The molecule has 81 valence electrons. The fraction of sp³-hybridized carbons (Fsp3) is 0.875. The molecule has 1 saturated heterocycles. The Hall–Kier alpha value is -0.623. The molecule has 1 radical (unpaired) electrons. The van der Waals surface area contributed by atoms with E-state index in [0.29, 0.717) is 26.1 Å². The predicted molar refractivity (Wildman–Crippen MR) is 53.0 cm³/mol. The lowest BCUT2D eigenvalue weighted by Crippen LogP contribution is -2.31. The van der Waals surface area contributed by atoms with E-state index in [1.165, 1.54) is 0 Å². The van der Waals surface area contributed by atoms with Crippen LogP contribution in [-0.2, 0) is 0 Å². The highest BCUT2D eigenvalue weighted by molar-refractivity contribution is 6.52. The Bertz CT molecular complexity index is 206. The Morgan fingerprint density at radius 1 is 1.79 bits per heavy atom. The molecule has 1 heterocycles. The van der Waals surface area contributed by atoms with Crippen molar-refractivity contribution in [3.8, 4) is 0 Å². The van der Waals surface area contributed by atoms with Gasteiger partial charge in [0.2, 0.25) is 0 Å². The van der Waals surface area contributed by atoms with Gasteiger partial charge in [-0.2, -0.15) is 0 Å². The van der Waals surface area contributed by atoms with Crippen LogP contribution in [0.25, 0.3) is 0 Å². The first-order valence-electron chi connectivity index (χ1n) is 4.80. The lowest BCUT2D eigenvalue weighted by Gasteiger charge is -2.17. The maximum absolute atomic E-state index is 13.0. The number of carbonyl (C=O) groups is 1. The summed E-state index contributed by atoms with van der Waals surface area (Å²) in [5.41, 5.74) is -0.0987. The zero-order valence-corrected chi connectivity index (χ0v) is 9.29. The molecule has 0 aliphatic carbocycles. The Kier molecular flexibility index (Phi) is 4.34. The summed E-state index contributed by atoms with van der Waals surface area (Å²) in [4.78, 5) is 12.8. The van der Waals surface area contributed by atoms with Gasteiger partial charge in [0, 0.05) is 19.6 Å². The molecule has 1 atom stereocenters. The van der Waals surface area contributed by atoms with E-state index < -0.39 is 9.13 Å². The van der Waals surface area contributed by atoms with Gasteiger partial charge in [-0.1, -0.05) is 6.92 Å². The highest BCUT2D eigenvalue weighted by atomic mass is 28.3. The second-order valence-corrected chi connectivity index (χ2v) is 5.71. The van der Waals surface area contributed by atoms with Crippen molar-refractivity contribution in [1.29, 1.82) is 0 Å². The van der Waals surface area contributed by atoms with Crippen LogP contribution in [0.5, 0.6) is 0 Å². The Morgan fingerprint density at radius 2 is 2.50 bits per heavy atom. The lowest BCUT2D eigenvalue weighted by molar-refractivity contribution is 0.216. The minimum atomic E-state index is -2.12. The molecule has 4 nitrogen and oxygen atoms in total. The first-order chi connectivity index (χ1) is 6.65. The number of carbonyl (C=O) groups excluding carboxylic acids is 1. The van der Waals surface area contributed by atoms with Crippen molar-refractivity contribution in [2.75, 3.05) is 25.9 Å². The number of nitrogens with zero attached hydrogens (tertiary/aromatic N) is 1. The predicted octanol–water partition coefficient (Wildman–Crippen LogP) is 0.284. The second kappa shape index (κ2) is 5.31. The van der Waals surface area contributed by atoms with E-state index in [2.05, 4.69) is 5.32 Å². The minimum Gasteiger partial charge on any atom is -0.397 e. The van der Waals surface area contributed by atoms with Crippen LogP contribution >= 0.6 is 0 Å². The number of urea groups is 1. The highest BCUT2D eigenvalue weighted by Crippen LogP contribution is 2.16. The van der Waals surface area contributed by atoms with Crippen molar-refractivity contribution in [3.63, 3.8) is 0 Å². The first kappa shape index (κ1) is 11.5. The Morgan fingerprint density at radius 3 is 3.00 bits per heavy atom. The molecule has 0 aromatic heterocycles. The van der Waals surface area contributed by atoms with E-state index in [-0.39, 0.29) is 17.8 Å². The van der Waals surface area contributed by atoms with Gasteiger partial charge in [0.1, 0.15) is 0 Å². The van der Waals surface area contributed by atoms with E-state index in [1.807, 2.05) is 0 Å². The molecule has 1 aliphatic heterocycles. The van der Waals surface area contributed by atoms with Crippen LogP contribution in [0.1, 0.15) is 13.3 Å². The van der Waals surface area contributed by atoms with Crippen molar-refractivity contribution >= 4 is 15.2 Å². The standard InChI is InChI=1S/C8H16FN2O2Si/c1-7(14(9)6-12)2-4-11-5-3-10-8(11)13/h7,12H,2-6H2,1H3,(H,10,13). The number of rotatable bonds is 5. The highest BCUT2D eigenvalue weighted by Gasteiger charge is 2.23. The average Bonchev–Trinajstić information content (AvgIpc) is 2.59. The van der Waals surface area contributed by atoms with Gasteiger partial charge in [-0.25, -0.2) is 4.79 Å². The molecule has 1 unspecified atom stereocenters. The van der Waals surface area contributed by atoms with Crippen molar-refractivity contribution in [2.24, 2.45) is 0 Å². The van der Waals surface area contributed by atoms with Crippen LogP contribution in [0.3, 0.4) is 0 Å². The zero-order chi connectivity index (χ0) is 10.6. The SMILES string of the molecule is CC(CCN1CCNC1=O)[Si](F)CO. The van der Waals surface area contributed by atoms with Crippen LogP contribution in [0, 0.1) is 0 Å². The molecule has 0 saturated carbocycles. The van der Waals surface area contributed by atoms with Crippen molar-refractivity contribution in [3.05, 3.63) is 0 Å². The van der Waals surface area contributed by atoms with E-state index in [4.69, 9.17) is 5.11 Å². The minimum absolute atomic E-state index is 0.0613. The summed E-state index contributed by atoms with van der Waals surface area (Å²) in [6.07, 6.45) is 0.302. The molecule has 2 N–H and O–H groups in total. The molecule has 1 rings (SSSR count). The molecule has 6 heteroatoms. The van der Waals surface area contributed by atoms with Gasteiger partial charge in [-0.3, -0.25) is 0 Å². The fourth-order valence-electron chi connectivity index (χ4n) is 1.39. The maximum atomic E-state index is 13.0. The smallest absolute Gasteiger partial charge is 0.317 e. The molecular formula is C8H16FN2O2Si. The van der Waals surface area contributed by atoms with Gasteiger partial charge in [0.05, 0.1) is 6.23 Å². The zero-order valence-electron chi connectivity index (χ0n) is 8.29. The first-order valence-corrected chi connectivity index (χ1v) is 6.46. The normalized spacial score (nSPS) is 18.9. The van der Waals surface area contributed by atoms with Gasteiger partial charge in [-0.05, 0) is 12.0 Å².